The molecule has 3 heteroatoms. The van der Waals surface area contributed by atoms with Crippen LogP contribution in [0.4, 0.5) is 0 Å². The van der Waals surface area contributed by atoms with E-state index >= 15 is 0 Å². The van der Waals surface area contributed by atoms with Crippen LogP contribution in [0, 0.1) is 0 Å². The Morgan fingerprint density at radius 2 is 1.39 bits per heavy atom. The fourth-order valence-electron chi connectivity index (χ4n) is 4.05. The highest BCUT2D eigenvalue weighted by Gasteiger charge is 2.51. The summed E-state index contributed by atoms with van der Waals surface area (Å²) in [6.45, 7) is 2.01. The van der Waals surface area contributed by atoms with E-state index < -0.39 is 11.4 Å². The maximum absolute atomic E-state index is 13.9. The van der Waals surface area contributed by atoms with Crippen LogP contribution >= 0.6 is 0 Å². The number of rotatable bonds is 4. The molecule has 0 fully saturated rings. The Kier molecular flexibility index (Phi) is 4.66. The van der Waals surface area contributed by atoms with Gasteiger partial charge in [0.25, 0.3) is 0 Å². The molecule has 0 bridgehead atoms. The van der Waals surface area contributed by atoms with Gasteiger partial charge in [0.15, 0.2) is 5.78 Å². The summed E-state index contributed by atoms with van der Waals surface area (Å²) in [5.74, 6) is -0.614. The van der Waals surface area contributed by atoms with Gasteiger partial charge < -0.3 is 4.74 Å². The lowest BCUT2D eigenvalue weighted by molar-refractivity contribution is -0.137. The smallest absolute Gasteiger partial charge is 0.331 e. The van der Waals surface area contributed by atoms with E-state index in [-0.39, 0.29) is 12.4 Å². The molecule has 0 radical (unpaired) electrons. The minimum atomic E-state index is -0.989. The number of ether oxygens (including phenoxy) is 1. The first kappa shape index (κ1) is 17.9. The number of fused-ring (bicyclic) bond motifs is 1. The molecule has 138 valence electrons. The van der Waals surface area contributed by atoms with Gasteiger partial charge >= 0.3 is 5.97 Å². The van der Waals surface area contributed by atoms with Crippen molar-refractivity contribution in [3.05, 3.63) is 113 Å². The van der Waals surface area contributed by atoms with Crippen molar-refractivity contribution in [1.29, 1.82) is 0 Å². The van der Waals surface area contributed by atoms with E-state index in [9.17, 15) is 9.59 Å². The SMILES string of the molecule is CCOC(=O)/C=C1\C(=O)C(c2ccccc2)(c2ccccc2)c2ccccc21. The summed E-state index contributed by atoms with van der Waals surface area (Å²) in [5.41, 5.74) is 2.82. The van der Waals surface area contributed by atoms with Gasteiger partial charge in [-0.15, -0.1) is 0 Å². The van der Waals surface area contributed by atoms with Crippen molar-refractivity contribution in [2.75, 3.05) is 6.61 Å². The summed E-state index contributed by atoms with van der Waals surface area (Å²) >= 11 is 0. The molecular formula is C25H20O3. The van der Waals surface area contributed by atoms with Crippen molar-refractivity contribution in [2.45, 2.75) is 12.3 Å². The Hall–Kier alpha value is -3.46. The maximum atomic E-state index is 13.9. The zero-order chi connectivity index (χ0) is 19.6. The molecule has 0 heterocycles. The number of Topliss-reactive ketones (excluding diaryl/α,β-unsaturated/α-hetero) is 1. The number of carbonyl (C=O) groups excluding carboxylic acids is 2. The van der Waals surface area contributed by atoms with Crippen molar-refractivity contribution in [3.8, 4) is 0 Å². The number of carbonyl (C=O) groups is 2. The summed E-state index contributed by atoms with van der Waals surface area (Å²) in [6, 6.07) is 27.2. The zero-order valence-electron chi connectivity index (χ0n) is 15.6. The van der Waals surface area contributed by atoms with Crippen LogP contribution in [0.25, 0.3) is 5.57 Å². The largest absolute Gasteiger partial charge is 0.463 e. The molecule has 1 aliphatic rings. The average Bonchev–Trinajstić information content (AvgIpc) is 2.98. The average molecular weight is 368 g/mol. The molecule has 0 N–H and O–H groups in total. The Labute approximate surface area is 164 Å². The highest BCUT2D eigenvalue weighted by molar-refractivity contribution is 6.34. The van der Waals surface area contributed by atoms with Gasteiger partial charge in [0.1, 0.15) is 5.41 Å². The van der Waals surface area contributed by atoms with Crippen LogP contribution in [0.2, 0.25) is 0 Å². The third-order valence-electron chi connectivity index (χ3n) is 5.17. The molecule has 0 aliphatic heterocycles. The monoisotopic (exact) mass is 368 g/mol. The summed E-state index contributed by atoms with van der Waals surface area (Å²) in [6.07, 6.45) is 1.33. The van der Waals surface area contributed by atoms with Gasteiger partial charge in [0, 0.05) is 11.6 Å². The number of allylic oxidation sites excluding steroid dienone is 1. The molecule has 0 saturated heterocycles. The van der Waals surface area contributed by atoms with Gasteiger partial charge in [0.2, 0.25) is 0 Å². The topological polar surface area (TPSA) is 43.4 Å². The van der Waals surface area contributed by atoms with Gasteiger partial charge in [0.05, 0.1) is 6.61 Å². The highest BCUT2D eigenvalue weighted by atomic mass is 16.5. The van der Waals surface area contributed by atoms with Crippen LogP contribution < -0.4 is 0 Å². The van der Waals surface area contributed by atoms with E-state index in [1.165, 1.54) is 6.08 Å². The fourth-order valence-corrected chi connectivity index (χ4v) is 4.05. The Morgan fingerprint density at radius 1 is 0.857 bits per heavy atom. The van der Waals surface area contributed by atoms with Crippen LogP contribution in [0.1, 0.15) is 29.2 Å². The molecule has 1 aliphatic carbocycles. The van der Waals surface area contributed by atoms with Crippen LogP contribution in [0.5, 0.6) is 0 Å². The molecule has 0 aromatic heterocycles. The minimum Gasteiger partial charge on any atom is -0.463 e. The van der Waals surface area contributed by atoms with Crippen LogP contribution in [0.15, 0.2) is 91.0 Å². The van der Waals surface area contributed by atoms with Crippen LogP contribution in [-0.4, -0.2) is 18.4 Å². The van der Waals surface area contributed by atoms with Crippen molar-refractivity contribution >= 4 is 17.3 Å². The van der Waals surface area contributed by atoms with E-state index in [0.717, 1.165) is 22.3 Å². The first-order valence-electron chi connectivity index (χ1n) is 9.33. The van der Waals surface area contributed by atoms with Crippen molar-refractivity contribution in [1.82, 2.24) is 0 Å². The molecule has 3 aromatic carbocycles. The van der Waals surface area contributed by atoms with E-state index in [1.54, 1.807) is 6.92 Å². The second kappa shape index (κ2) is 7.28. The molecule has 0 unspecified atom stereocenters. The van der Waals surface area contributed by atoms with Gasteiger partial charge in [-0.1, -0.05) is 84.9 Å². The number of hydrogen-bond acceptors (Lipinski definition) is 3. The first-order valence-corrected chi connectivity index (χ1v) is 9.33. The molecule has 3 aromatic rings. The maximum Gasteiger partial charge on any atom is 0.331 e. The normalized spacial score (nSPS) is 16.0. The number of hydrogen-bond donors (Lipinski definition) is 0. The van der Waals surface area contributed by atoms with Gasteiger partial charge in [-0.05, 0) is 29.2 Å². The molecule has 0 amide bonds. The molecule has 0 saturated carbocycles. The van der Waals surface area contributed by atoms with Crippen molar-refractivity contribution in [3.63, 3.8) is 0 Å². The molecule has 3 nitrogen and oxygen atoms in total. The van der Waals surface area contributed by atoms with Gasteiger partial charge in [-0.2, -0.15) is 0 Å². The predicted octanol–water partition coefficient (Wildman–Crippen LogP) is 4.55. The lowest BCUT2D eigenvalue weighted by atomic mass is 9.69. The van der Waals surface area contributed by atoms with E-state index in [4.69, 9.17) is 4.74 Å². The quantitative estimate of drug-likeness (QED) is 0.501. The Morgan fingerprint density at radius 3 is 1.96 bits per heavy atom. The van der Waals surface area contributed by atoms with Gasteiger partial charge in [-0.3, -0.25) is 4.79 Å². The molecule has 0 spiro atoms. The predicted molar refractivity (Wildman–Crippen MR) is 109 cm³/mol. The summed E-state index contributed by atoms with van der Waals surface area (Å²) in [7, 11) is 0. The minimum absolute atomic E-state index is 0.112. The van der Waals surface area contributed by atoms with E-state index in [0.29, 0.717) is 5.57 Å². The lowest BCUT2D eigenvalue weighted by Crippen LogP contribution is -2.34. The van der Waals surface area contributed by atoms with Crippen LogP contribution in [0.3, 0.4) is 0 Å². The third kappa shape index (κ3) is 2.67. The lowest BCUT2D eigenvalue weighted by Gasteiger charge is -2.30. The third-order valence-corrected chi connectivity index (χ3v) is 5.17. The zero-order valence-corrected chi connectivity index (χ0v) is 15.6. The Bertz CT molecular complexity index is 1010. The Balaban J connectivity index is 2.05. The molecule has 28 heavy (non-hydrogen) atoms. The van der Waals surface area contributed by atoms with Gasteiger partial charge in [-0.25, -0.2) is 4.79 Å². The number of esters is 1. The summed E-state index contributed by atoms with van der Waals surface area (Å²) < 4.78 is 5.08. The van der Waals surface area contributed by atoms with Crippen LogP contribution in [-0.2, 0) is 19.7 Å². The number of ketones is 1. The van der Waals surface area contributed by atoms with E-state index in [2.05, 4.69) is 0 Å². The first-order chi connectivity index (χ1) is 13.7. The standard InChI is InChI=1S/C25H20O3/c1-2-28-23(26)17-21-20-15-9-10-16-22(20)25(24(21)27,18-11-5-3-6-12-18)19-13-7-4-8-14-19/h3-17H,2H2,1H3/b21-17-. The molecular weight excluding hydrogens is 348 g/mol. The summed E-state index contributed by atoms with van der Waals surface area (Å²) in [4.78, 5) is 26.1. The van der Waals surface area contributed by atoms with Crippen molar-refractivity contribution < 1.29 is 14.3 Å². The van der Waals surface area contributed by atoms with E-state index in [1.807, 2.05) is 84.9 Å². The second-order valence-corrected chi connectivity index (χ2v) is 6.67. The molecule has 4 rings (SSSR count). The number of benzene rings is 3. The highest BCUT2D eigenvalue weighted by Crippen LogP contribution is 2.50. The molecule has 0 atom stereocenters. The summed E-state index contributed by atoms with van der Waals surface area (Å²) in [5, 5.41) is 0. The second-order valence-electron chi connectivity index (χ2n) is 6.67. The fraction of sp³-hybridized carbons (Fsp3) is 0.120. The van der Waals surface area contributed by atoms with Crippen molar-refractivity contribution in [2.24, 2.45) is 0 Å².